The van der Waals surface area contributed by atoms with Gasteiger partial charge in [0.15, 0.2) is 0 Å². The van der Waals surface area contributed by atoms with Crippen LogP contribution in [0.2, 0.25) is 0 Å². The van der Waals surface area contributed by atoms with E-state index in [0.717, 1.165) is 16.5 Å². The quantitative estimate of drug-likeness (QED) is 0.173. The zero-order valence-corrected chi connectivity index (χ0v) is 31.2. The van der Waals surface area contributed by atoms with E-state index in [1.807, 2.05) is 57.2 Å². The Hall–Kier alpha value is -5.46. The Bertz CT molecular complexity index is 1970. The summed E-state index contributed by atoms with van der Waals surface area (Å²) in [6.07, 6.45) is 1.98. The molecule has 1 saturated heterocycles. The number of benzene rings is 3. The van der Waals surface area contributed by atoms with Gasteiger partial charge in [-0.2, -0.15) is 0 Å². The van der Waals surface area contributed by atoms with Gasteiger partial charge >= 0.3 is 6.09 Å². The molecule has 0 aliphatic carbocycles. The predicted octanol–water partition coefficient (Wildman–Crippen LogP) is 6.25. The normalized spacial score (nSPS) is 15.2. The van der Waals surface area contributed by atoms with Crippen LogP contribution in [0, 0.1) is 5.41 Å². The molecule has 13 heteroatoms. The summed E-state index contributed by atoms with van der Waals surface area (Å²) in [5.41, 5.74) is 0.541. The lowest BCUT2D eigenvalue weighted by atomic mass is 9.85. The molecule has 0 spiro atoms. The highest BCUT2D eigenvalue weighted by molar-refractivity contribution is 6.03. The highest BCUT2D eigenvalue weighted by atomic mass is 16.6. The number of nitrogens with zero attached hydrogens (tertiary/aromatic N) is 4. The van der Waals surface area contributed by atoms with Crippen molar-refractivity contribution >= 4 is 62.7 Å². The third-order valence-electron chi connectivity index (χ3n) is 8.86. The smallest absolute Gasteiger partial charge is 0.410 e. The van der Waals surface area contributed by atoms with E-state index in [0.29, 0.717) is 47.5 Å². The standard InChI is InChI=1S/C39H49N7O6/c1-38(2,3)33(44-32(47)17-19-45(7)37(50)52-39(4,5)6)36(49)46-18-11-14-30(46)35(48)43-29-21-27-28(22-31(29)51-8)40-23-41-34(27)42-26-16-15-24-12-9-10-13-25(24)20-26/h9-10,12-13,15-16,20-23,30,33H,11,14,17-19H2,1-8H3,(H,43,48)(H,44,47)(H,40,41,42). The van der Waals surface area contributed by atoms with E-state index in [1.165, 1.54) is 18.3 Å². The zero-order chi connectivity index (χ0) is 37.8. The summed E-state index contributed by atoms with van der Waals surface area (Å²) in [6, 6.07) is 16.0. The number of carbonyl (C=O) groups excluding carboxylic acids is 4. The van der Waals surface area contributed by atoms with Crippen LogP contribution >= 0.6 is 0 Å². The van der Waals surface area contributed by atoms with Crippen LogP contribution in [0.25, 0.3) is 21.7 Å². The van der Waals surface area contributed by atoms with Crippen molar-refractivity contribution in [3.05, 3.63) is 60.9 Å². The maximum atomic E-state index is 14.1. The largest absolute Gasteiger partial charge is 0.494 e. The van der Waals surface area contributed by atoms with Crippen LogP contribution in [0.1, 0.15) is 60.8 Å². The molecule has 0 saturated carbocycles. The van der Waals surface area contributed by atoms with Crippen LogP contribution in [-0.2, 0) is 19.1 Å². The van der Waals surface area contributed by atoms with Crippen molar-refractivity contribution in [1.82, 2.24) is 25.1 Å². The molecule has 5 rings (SSSR count). The molecule has 2 atom stereocenters. The first-order chi connectivity index (χ1) is 24.5. The molecule has 1 aromatic heterocycles. The molecule has 0 radical (unpaired) electrons. The second kappa shape index (κ2) is 15.4. The highest BCUT2D eigenvalue weighted by Crippen LogP contribution is 2.35. The van der Waals surface area contributed by atoms with Gasteiger partial charge in [0, 0.05) is 43.7 Å². The first-order valence-electron chi connectivity index (χ1n) is 17.5. The molecule has 52 heavy (non-hydrogen) atoms. The summed E-state index contributed by atoms with van der Waals surface area (Å²) < 4.78 is 11.0. The van der Waals surface area contributed by atoms with Crippen molar-refractivity contribution in [3.8, 4) is 5.75 Å². The average molecular weight is 712 g/mol. The molecular weight excluding hydrogens is 662 g/mol. The van der Waals surface area contributed by atoms with Crippen molar-refractivity contribution in [2.24, 2.45) is 5.41 Å². The Kier molecular flexibility index (Phi) is 11.2. The number of hydrogen-bond donors (Lipinski definition) is 3. The van der Waals surface area contributed by atoms with Crippen LogP contribution in [0.5, 0.6) is 5.75 Å². The van der Waals surface area contributed by atoms with Gasteiger partial charge < -0.3 is 35.2 Å². The second-order valence-electron chi connectivity index (χ2n) is 15.2. The molecule has 4 amide bonds. The van der Waals surface area contributed by atoms with Gasteiger partial charge in [-0.15, -0.1) is 0 Å². The SMILES string of the molecule is COc1cc2ncnc(Nc3ccc4ccccc4c3)c2cc1NC(=O)C1CCCN1C(=O)C(NC(=O)CCN(C)C(=O)OC(C)(C)C)C(C)(C)C. The van der Waals surface area contributed by atoms with Crippen molar-refractivity contribution in [2.45, 2.75) is 78.5 Å². The Morgan fingerprint density at radius 2 is 1.71 bits per heavy atom. The lowest BCUT2D eigenvalue weighted by Crippen LogP contribution is -2.57. The lowest BCUT2D eigenvalue weighted by molar-refractivity contribution is -0.142. The first kappa shape index (κ1) is 37.8. The molecule has 1 fully saturated rings. The molecule has 3 aromatic carbocycles. The minimum Gasteiger partial charge on any atom is -0.494 e. The molecule has 2 unspecified atom stereocenters. The number of carbonyl (C=O) groups is 4. The van der Waals surface area contributed by atoms with E-state index < -0.39 is 29.2 Å². The van der Waals surface area contributed by atoms with Crippen LogP contribution in [-0.4, -0.2) is 88.5 Å². The van der Waals surface area contributed by atoms with E-state index in [1.54, 1.807) is 44.9 Å². The molecular formula is C39H49N7O6. The molecule has 276 valence electrons. The van der Waals surface area contributed by atoms with E-state index in [-0.39, 0.29) is 30.7 Å². The number of anilines is 3. The molecule has 1 aliphatic rings. The van der Waals surface area contributed by atoms with Crippen molar-refractivity contribution in [2.75, 3.05) is 37.9 Å². The van der Waals surface area contributed by atoms with Gasteiger partial charge in [-0.3, -0.25) is 14.4 Å². The third-order valence-corrected chi connectivity index (χ3v) is 8.86. The molecule has 1 aliphatic heterocycles. The molecule has 3 N–H and O–H groups in total. The van der Waals surface area contributed by atoms with Crippen LogP contribution in [0.4, 0.5) is 22.0 Å². The zero-order valence-electron chi connectivity index (χ0n) is 31.2. The Labute approximate surface area is 304 Å². The van der Waals surface area contributed by atoms with E-state index in [9.17, 15) is 19.2 Å². The fourth-order valence-electron chi connectivity index (χ4n) is 6.12. The van der Waals surface area contributed by atoms with Gasteiger partial charge in [0.25, 0.3) is 0 Å². The highest BCUT2D eigenvalue weighted by Gasteiger charge is 2.42. The Morgan fingerprint density at radius 3 is 2.40 bits per heavy atom. The van der Waals surface area contributed by atoms with Gasteiger partial charge in [0.2, 0.25) is 17.7 Å². The summed E-state index contributed by atoms with van der Waals surface area (Å²) in [7, 11) is 3.07. The lowest BCUT2D eigenvalue weighted by Gasteiger charge is -2.35. The van der Waals surface area contributed by atoms with Crippen molar-refractivity contribution < 1.29 is 28.7 Å². The van der Waals surface area contributed by atoms with Crippen molar-refractivity contribution in [1.29, 1.82) is 0 Å². The van der Waals surface area contributed by atoms with Crippen LogP contribution in [0.15, 0.2) is 60.9 Å². The van der Waals surface area contributed by atoms with Crippen LogP contribution in [0.3, 0.4) is 0 Å². The van der Waals surface area contributed by atoms with Crippen molar-refractivity contribution in [3.63, 3.8) is 0 Å². The fraction of sp³-hybridized carbons (Fsp3) is 0.436. The first-order valence-corrected chi connectivity index (χ1v) is 17.5. The second-order valence-corrected chi connectivity index (χ2v) is 15.2. The molecule has 4 aromatic rings. The third kappa shape index (κ3) is 9.06. The summed E-state index contributed by atoms with van der Waals surface area (Å²) in [6.45, 7) is 11.4. The number of fused-ring (bicyclic) bond motifs is 2. The maximum Gasteiger partial charge on any atom is 0.410 e. The monoisotopic (exact) mass is 711 g/mol. The molecule has 13 nitrogen and oxygen atoms in total. The Morgan fingerprint density at radius 1 is 0.981 bits per heavy atom. The number of ether oxygens (including phenoxy) is 2. The number of amides is 4. The van der Waals surface area contributed by atoms with Gasteiger partial charge in [0.1, 0.15) is 35.6 Å². The average Bonchev–Trinajstić information content (AvgIpc) is 3.58. The minimum absolute atomic E-state index is 0.0251. The predicted molar refractivity (Wildman–Crippen MR) is 202 cm³/mol. The maximum absolute atomic E-state index is 14.1. The minimum atomic E-state index is -0.906. The number of nitrogens with one attached hydrogen (secondary N) is 3. The number of likely N-dealkylation sites (tertiary alicyclic amines) is 1. The topological polar surface area (TPSA) is 155 Å². The van der Waals surface area contributed by atoms with Gasteiger partial charge in [0.05, 0.1) is 18.3 Å². The van der Waals surface area contributed by atoms with Crippen LogP contribution < -0.4 is 20.7 Å². The van der Waals surface area contributed by atoms with E-state index in [4.69, 9.17) is 9.47 Å². The molecule has 0 bridgehead atoms. The van der Waals surface area contributed by atoms with E-state index >= 15 is 0 Å². The fourth-order valence-corrected chi connectivity index (χ4v) is 6.12. The van der Waals surface area contributed by atoms with Gasteiger partial charge in [-0.25, -0.2) is 14.8 Å². The Balaban J connectivity index is 1.31. The van der Waals surface area contributed by atoms with Gasteiger partial charge in [-0.05, 0) is 68.0 Å². The van der Waals surface area contributed by atoms with E-state index in [2.05, 4.69) is 32.0 Å². The number of hydrogen-bond acceptors (Lipinski definition) is 9. The summed E-state index contributed by atoms with van der Waals surface area (Å²) in [5, 5.41) is 12.1. The number of rotatable bonds is 10. The summed E-state index contributed by atoms with van der Waals surface area (Å²) in [5.74, 6) is -0.150. The summed E-state index contributed by atoms with van der Waals surface area (Å²) >= 11 is 0. The van der Waals surface area contributed by atoms with Gasteiger partial charge in [-0.1, -0.05) is 51.1 Å². The number of methoxy groups -OCH3 is 1. The molecule has 2 heterocycles. The summed E-state index contributed by atoms with van der Waals surface area (Å²) in [4.78, 5) is 65.3. The number of aromatic nitrogens is 2.